The number of nitrogens with zero attached hydrogens (tertiary/aromatic N) is 3. The first-order valence-corrected chi connectivity index (χ1v) is 13.6. The van der Waals surface area contributed by atoms with E-state index in [0.717, 1.165) is 16.6 Å². The summed E-state index contributed by atoms with van der Waals surface area (Å²) in [5.41, 5.74) is 0.191. The van der Waals surface area contributed by atoms with Crippen LogP contribution in [0.3, 0.4) is 0 Å². The van der Waals surface area contributed by atoms with Crippen molar-refractivity contribution in [2.75, 3.05) is 17.1 Å². The first kappa shape index (κ1) is 29.3. The lowest BCUT2D eigenvalue weighted by Crippen LogP contribution is -2.52. The number of nitrogens with one attached hydrogen (secondary N) is 1. The van der Waals surface area contributed by atoms with Crippen LogP contribution in [-0.4, -0.2) is 54.9 Å². The van der Waals surface area contributed by atoms with Gasteiger partial charge < -0.3 is 10.2 Å². The van der Waals surface area contributed by atoms with Crippen LogP contribution in [0.15, 0.2) is 42.5 Å². The van der Waals surface area contributed by atoms with Crippen LogP contribution < -0.4 is 9.62 Å². The summed E-state index contributed by atoms with van der Waals surface area (Å²) < 4.78 is 25.9. The normalized spacial score (nSPS) is 12.9. The summed E-state index contributed by atoms with van der Waals surface area (Å²) in [6.45, 7) is 4.52. The van der Waals surface area contributed by atoms with Crippen molar-refractivity contribution in [1.29, 1.82) is 0 Å². The highest BCUT2D eigenvalue weighted by Crippen LogP contribution is 2.26. The number of rotatable bonds is 11. The fourth-order valence-electron chi connectivity index (χ4n) is 3.26. The summed E-state index contributed by atoms with van der Waals surface area (Å²) in [5.74, 6) is -1.11. The van der Waals surface area contributed by atoms with E-state index < -0.39 is 39.3 Å². The monoisotopic (exact) mass is 558 g/mol. The van der Waals surface area contributed by atoms with Crippen molar-refractivity contribution in [3.05, 3.63) is 68.2 Å². The maximum Gasteiger partial charge on any atom is 0.271 e. The van der Waals surface area contributed by atoms with E-state index in [4.69, 9.17) is 23.2 Å². The van der Waals surface area contributed by atoms with Crippen LogP contribution in [0.25, 0.3) is 0 Å². The summed E-state index contributed by atoms with van der Waals surface area (Å²) >= 11 is 12.1. The number of sulfonamides is 1. The van der Waals surface area contributed by atoms with E-state index in [1.54, 1.807) is 18.2 Å². The van der Waals surface area contributed by atoms with Gasteiger partial charge in [0.05, 0.1) is 26.9 Å². The second kappa shape index (κ2) is 12.4. The Labute approximate surface area is 220 Å². The van der Waals surface area contributed by atoms with Crippen LogP contribution in [-0.2, 0) is 26.2 Å². The summed E-state index contributed by atoms with van der Waals surface area (Å²) in [6.07, 6.45) is 1.56. The van der Waals surface area contributed by atoms with Crippen LogP contribution in [0.4, 0.5) is 11.4 Å². The molecular weight excluding hydrogens is 531 g/mol. The van der Waals surface area contributed by atoms with Gasteiger partial charge in [-0.3, -0.25) is 24.0 Å². The number of nitro benzene ring substituents is 1. The van der Waals surface area contributed by atoms with Gasteiger partial charge in [0.25, 0.3) is 5.69 Å². The molecule has 0 aliphatic rings. The molecule has 2 rings (SSSR count). The molecule has 10 nitrogen and oxygen atoms in total. The van der Waals surface area contributed by atoms with Crippen LogP contribution in [0.2, 0.25) is 10.0 Å². The Morgan fingerprint density at radius 1 is 1.11 bits per heavy atom. The van der Waals surface area contributed by atoms with E-state index in [1.807, 2.05) is 13.8 Å². The highest BCUT2D eigenvalue weighted by Gasteiger charge is 2.31. The van der Waals surface area contributed by atoms with Gasteiger partial charge in [-0.15, -0.1) is 0 Å². The zero-order valence-corrected chi connectivity index (χ0v) is 22.6. The number of benzene rings is 2. The van der Waals surface area contributed by atoms with Gasteiger partial charge in [0.1, 0.15) is 12.6 Å². The number of halogens is 2. The standard InChI is InChI=1S/C23H28Cl2N4O6S/c1-5-15(2)26-23(31)16(3)27(13-17-9-10-20(24)21(25)11-17)22(30)14-28(36(4,34)35)18-7-6-8-19(12-18)29(32)33/h6-12,15-16H,5,13-14H2,1-4H3,(H,26,31). The van der Waals surface area contributed by atoms with Crippen molar-refractivity contribution in [3.63, 3.8) is 0 Å². The minimum Gasteiger partial charge on any atom is -0.352 e. The summed E-state index contributed by atoms with van der Waals surface area (Å²) in [6, 6.07) is 8.60. The van der Waals surface area contributed by atoms with Gasteiger partial charge in [0.15, 0.2) is 0 Å². The fraction of sp³-hybridized carbons (Fsp3) is 0.391. The Balaban J connectivity index is 2.45. The maximum absolute atomic E-state index is 13.5. The number of anilines is 1. The minimum absolute atomic E-state index is 0.0498. The number of carbonyl (C=O) groups excluding carboxylic acids is 2. The molecule has 0 fully saturated rings. The topological polar surface area (TPSA) is 130 Å². The number of nitro groups is 1. The average Bonchev–Trinajstić information content (AvgIpc) is 2.81. The maximum atomic E-state index is 13.5. The van der Waals surface area contributed by atoms with Crippen LogP contribution >= 0.6 is 23.2 Å². The largest absolute Gasteiger partial charge is 0.352 e. The van der Waals surface area contributed by atoms with Crippen molar-refractivity contribution in [1.82, 2.24) is 10.2 Å². The Hall–Kier alpha value is -2.89. The van der Waals surface area contributed by atoms with Gasteiger partial charge >= 0.3 is 0 Å². The smallest absolute Gasteiger partial charge is 0.271 e. The van der Waals surface area contributed by atoms with Gasteiger partial charge in [-0.1, -0.05) is 42.3 Å². The summed E-state index contributed by atoms with van der Waals surface area (Å²) in [7, 11) is -4.02. The molecule has 2 unspecified atom stereocenters. The average molecular weight is 559 g/mol. The summed E-state index contributed by atoms with van der Waals surface area (Å²) in [5, 5.41) is 14.6. The lowest BCUT2D eigenvalue weighted by Gasteiger charge is -2.32. The number of amides is 2. The fourth-order valence-corrected chi connectivity index (χ4v) is 4.42. The molecule has 1 N–H and O–H groups in total. The number of carbonyl (C=O) groups is 2. The van der Waals surface area contributed by atoms with Crippen LogP contribution in [0.1, 0.15) is 32.8 Å². The molecule has 0 aliphatic heterocycles. The van der Waals surface area contributed by atoms with Crippen molar-refractivity contribution in [2.24, 2.45) is 0 Å². The zero-order chi connectivity index (χ0) is 27.2. The Kier molecular flexibility index (Phi) is 10.1. The van der Waals surface area contributed by atoms with Gasteiger partial charge in [0, 0.05) is 24.7 Å². The molecule has 0 aliphatic carbocycles. The molecule has 2 atom stereocenters. The quantitative estimate of drug-likeness (QED) is 0.327. The third kappa shape index (κ3) is 7.81. The van der Waals surface area contributed by atoms with Gasteiger partial charge in [0.2, 0.25) is 21.8 Å². The SMILES string of the molecule is CCC(C)NC(=O)C(C)N(Cc1ccc(Cl)c(Cl)c1)C(=O)CN(c1cccc([N+](=O)[O-])c1)S(C)(=O)=O. The third-order valence-corrected chi connectivity index (χ3v) is 7.39. The Bertz CT molecular complexity index is 1240. The van der Waals surface area contributed by atoms with E-state index >= 15 is 0 Å². The second-order valence-corrected chi connectivity index (χ2v) is 11.0. The molecule has 196 valence electrons. The number of non-ortho nitro benzene ring substituents is 1. The van der Waals surface area contributed by atoms with Gasteiger partial charge in [-0.2, -0.15) is 0 Å². The molecule has 2 amide bonds. The highest BCUT2D eigenvalue weighted by atomic mass is 35.5. The first-order valence-electron chi connectivity index (χ1n) is 11.0. The molecule has 2 aromatic rings. The van der Waals surface area contributed by atoms with Crippen molar-refractivity contribution in [3.8, 4) is 0 Å². The Morgan fingerprint density at radius 3 is 2.33 bits per heavy atom. The molecule has 0 radical (unpaired) electrons. The van der Waals surface area contributed by atoms with Crippen LogP contribution in [0, 0.1) is 10.1 Å². The van der Waals surface area contributed by atoms with Crippen LogP contribution in [0.5, 0.6) is 0 Å². The van der Waals surface area contributed by atoms with E-state index in [-0.39, 0.29) is 29.0 Å². The number of hydrogen-bond acceptors (Lipinski definition) is 6. The van der Waals surface area contributed by atoms with Gasteiger partial charge in [-0.05, 0) is 44.0 Å². The molecular formula is C23H28Cl2N4O6S. The van der Waals surface area contributed by atoms with E-state index in [2.05, 4.69) is 5.32 Å². The molecule has 0 heterocycles. The lowest BCUT2D eigenvalue weighted by molar-refractivity contribution is -0.384. The minimum atomic E-state index is -4.02. The van der Waals surface area contributed by atoms with Crippen molar-refractivity contribution >= 4 is 56.4 Å². The Morgan fingerprint density at radius 2 is 1.78 bits per heavy atom. The third-order valence-electron chi connectivity index (χ3n) is 5.51. The van der Waals surface area contributed by atoms with E-state index in [0.29, 0.717) is 17.0 Å². The van der Waals surface area contributed by atoms with E-state index in [9.17, 15) is 28.1 Å². The molecule has 0 spiro atoms. The molecule has 0 bridgehead atoms. The number of hydrogen-bond donors (Lipinski definition) is 1. The van der Waals surface area contributed by atoms with Crippen molar-refractivity contribution in [2.45, 2.75) is 45.8 Å². The van der Waals surface area contributed by atoms with Crippen molar-refractivity contribution < 1.29 is 22.9 Å². The molecule has 0 aromatic heterocycles. The summed E-state index contributed by atoms with van der Waals surface area (Å²) in [4.78, 5) is 38.1. The molecule has 36 heavy (non-hydrogen) atoms. The highest BCUT2D eigenvalue weighted by molar-refractivity contribution is 7.92. The van der Waals surface area contributed by atoms with E-state index in [1.165, 1.54) is 30.0 Å². The molecule has 13 heteroatoms. The predicted octanol–water partition coefficient (Wildman–Crippen LogP) is 4.00. The first-order chi connectivity index (χ1) is 16.7. The second-order valence-electron chi connectivity index (χ2n) is 8.31. The lowest BCUT2D eigenvalue weighted by atomic mass is 10.1. The zero-order valence-electron chi connectivity index (χ0n) is 20.3. The molecule has 2 aromatic carbocycles. The molecule has 0 saturated carbocycles. The molecule has 0 saturated heterocycles. The van der Waals surface area contributed by atoms with Gasteiger partial charge in [-0.25, -0.2) is 8.42 Å². The predicted molar refractivity (Wildman–Crippen MR) is 140 cm³/mol.